The summed E-state index contributed by atoms with van der Waals surface area (Å²) >= 11 is 5.94. The van der Waals surface area contributed by atoms with E-state index >= 15 is 0 Å². The SMILES string of the molecule is C=C(/C=C(\NN)NC(=NC(C)CC)NC(=O)c1cccc(OC)c1)c1ccc(Cl)cc1. The van der Waals surface area contributed by atoms with Gasteiger partial charge >= 0.3 is 0 Å². The van der Waals surface area contributed by atoms with Gasteiger partial charge in [0.25, 0.3) is 5.91 Å². The summed E-state index contributed by atoms with van der Waals surface area (Å²) in [5.41, 5.74) is 4.59. The van der Waals surface area contributed by atoms with E-state index in [0.717, 1.165) is 12.0 Å². The van der Waals surface area contributed by atoms with Crippen LogP contribution in [0, 0.1) is 0 Å². The molecule has 1 unspecified atom stereocenters. The number of hydrazine groups is 1. The van der Waals surface area contributed by atoms with E-state index in [4.69, 9.17) is 22.2 Å². The molecule has 5 N–H and O–H groups in total. The van der Waals surface area contributed by atoms with Gasteiger partial charge in [0.2, 0.25) is 5.96 Å². The molecule has 1 atom stereocenters. The highest BCUT2D eigenvalue weighted by molar-refractivity contribution is 6.30. The quantitative estimate of drug-likeness (QED) is 0.164. The molecule has 164 valence electrons. The summed E-state index contributed by atoms with van der Waals surface area (Å²) in [6.07, 6.45) is 2.51. The second-order valence-electron chi connectivity index (χ2n) is 6.78. The van der Waals surface area contributed by atoms with Crippen molar-refractivity contribution in [1.29, 1.82) is 0 Å². The van der Waals surface area contributed by atoms with E-state index in [1.807, 2.05) is 26.0 Å². The molecule has 31 heavy (non-hydrogen) atoms. The van der Waals surface area contributed by atoms with Crippen molar-refractivity contribution in [3.8, 4) is 5.75 Å². The van der Waals surface area contributed by atoms with Crippen molar-refractivity contribution in [2.45, 2.75) is 26.3 Å². The summed E-state index contributed by atoms with van der Waals surface area (Å²) in [6, 6.07) is 14.1. The molecule has 2 aromatic carbocycles. The molecule has 0 bridgehead atoms. The maximum Gasteiger partial charge on any atom is 0.258 e. The minimum atomic E-state index is -0.332. The van der Waals surface area contributed by atoms with Crippen LogP contribution in [0.25, 0.3) is 5.57 Å². The number of hydrogen-bond acceptors (Lipinski definition) is 5. The molecule has 2 rings (SSSR count). The summed E-state index contributed by atoms with van der Waals surface area (Å²) in [6.45, 7) is 8.02. The van der Waals surface area contributed by atoms with E-state index in [1.54, 1.807) is 49.6 Å². The van der Waals surface area contributed by atoms with Gasteiger partial charge in [0, 0.05) is 10.6 Å². The Kier molecular flexibility index (Phi) is 9.12. The number of nitrogens with one attached hydrogen (secondary N) is 3. The van der Waals surface area contributed by atoms with Crippen molar-refractivity contribution in [2.24, 2.45) is 10.8 Å². The lowest BCUT2D eigenvalue weighted by Gasteiger charge is -2.16. The third-order valence-electron chi connectivity index (χ3n) is 4.45. The average molecular weight is 442 g/mol. The maximum atomic E-state index is 12.7. The lowest BCUT2D eigenvalue weighted by Crippen LogP contribution is -2.45. The van der Waals surface area contributed by atoms with Gasteiger partial charge in [-0.3, -0.25) is 10.1 Å². The Morgan fingerprint density at radius 3 is 2.55 bits per heavy atom. The summed E-state index contributed by atoms with van der Waals surface area (Å²) in [5, 5.41) is 6.47. The number of carbonyl (C=O) groups excluding carboxylic acids is 1. The highest BCUT2D eigenvalue weighted by atomic mass is 35.5. The fraction of sp³-hybridized carbons (Fsp3) is 0.217. The van der Waals surface area contributed by atoms with Crippen molar-refractivity contribution in [3.63, 3.8) is 0 Å². The summed E-state index contributed by atoms with van der Waals surface area (Å²) in [7, 11) is 1.55. The van der Waals surface area contributed by atoms with E-state index in [0.29, 0.717) is 27.7 Å². The van der Waals surface area contributed by atoms with Crippen LogP contribution < -0.4 is 26.6 Å². The second-order valence-corrected chi connectivity index (χ2v) is 7.22. The van der Waals surface area contributed by atoms with Crippen LogP contribution in [-0.4, -0.2) is 25.0 Å². The van der Waals surface area contributed by atoms with Gasteiger partial charge in [0.05, 0.1) is 13.2 Å². The van der Waals surface area contributed by atoms with Gasteiger partial charge in [0.1, 0.15) is 11.6 Å². The van der Waals surface area contributed by atoms with Crippen molar-refractivity contribution >= 4 is 29.0 Å². The van der Waals surface area contributed by atoms with E-state index in [9.17, 15) is 4.79 Å². The molecule has 0 heterocycles. The second kappa shape index (κ2) is 11.8. The summed E-state index contributed by atoms with van der Waals surface area (Å²) in [4.78, 5) is 17.3. The predicted octanol–water partition coefficient (Wildman–Crippen LogP) is 3.84. The minimum Gasteiger partial charge on any atom is -0.497 e. The number of halogens is 1. The normalized spacial score (nSPS) is 12.7. The number of carbonyl (C=O) groups is 1. The summed E-state index contributed by atoms with van der Waals surface area (Å²) < 4.78 is 5.19. The number of ether oxygens (including phenoxy) is 1. The van der Waals surface area contributed by atoms with Crippen molar-refractivity contribution < 1.29 is 9.53 Å². The Morgan fingerprint density at radius 1 is 1.23 bits per heavy atom. The van der Waals surface area contributed by atoms with Crippen LogP contribution in [0.2, 0.25) is 5.02 Å². The standard InChI is InChI=1S/C23H28ClN5O2/c1-5-16(3)26-23(28-22(30)18-7-6-8-20(14-18)31-4)27-21(29-25)13-15(2)17-9-11-19(24)12-10-17/h6-14,16,29H,2,5,25H2,1,3-4H3,(H2,26,27,28,30)/b21-13-. The molecular weight excluding hydrogens is 414 g/mol. The number of allylic oxidation sites excluding steroid dienone is 2. The average Bonchev–Trinajstić information content (AvgIpc) is 2.78. The molecule has 2 aromatic rings. The first kappa shape index (κ1) is 24.0. The van der Waals surface area contributed by atoms with Gasteiger partial charge in [0.15, 0.2) is 0 Å². The van der Waals surface area contributed by atoms with Gasteiger partial charge in [-0.1, -0.05) is 43.3 Å². The zero-order valence-electron chi connectivity index (χ0n) is 17.9. The van der Waals surface area contributed by atoms with E-state index < -0.39 is 0 Å². The third-order valence-corrected chi connectivity index (χ3v) is 4.70. The molecule has 1 amide bonds. The highest BCUT2D eigenvalue weighted by Gasteiger charge is 2.12. The molecule has 0 fully saturated rings. The molecular formula is C23H28ClN5O2. The van der Waals surface area contributed by atoms with Crippen LogP contribution in [0.1, 0.15) is 36.2 Å². The number of methoxy groups -OCH3 is 1. The van der Waals surface area contributed by atoms with Gasteiger partial charge in [-0.15, -0.1) is 0 Å². The molecule has 0 aliphatic carbocycles. The highest BCUT2D eigenvalue weighted by Crippen LogP contribution is 2.17. The van der Waals surface area contributed by atoms with Crippen LogP contribution in [0.3, 0.4) is 0 Å². The largest absolute Gasteiger partial charge is 0.497 e. The lowest BCUT2D eigenvalue weighted by atomic mass is 10.1. The topological polar surface area (TPSA) is 101 Å². The zero-order chi connectivity index (χ0) is 22.8. The first-order valence-electron chi connectivity index (χ1n) is 9.79. The monoisotopic (exact) mass is 441 g/mol. The molecule has 0 aliphatic heterocycles. The molecule has 0 saturated carbocycles. The number of hydrogen-bond donors (Lipinski definition) is 4. The van der Waals surface area contributed by atoms with Crippen molar-refractivity contribution in [2.75, 3.05) is 7.11 Å². The van der Waals surface area contributed by atoms with Gasteiger partial charge in [-0.05, 0) is 60.9 Å². The van der Waals surface area contributed by atoms with Crippen LogP contribution >= 0.6 is 11.6 Å². The van der Waals surface area contributed by atoms with Crippen LogP contribution in [0.5, 0.6) is 5.75 Å². The van der Waals surface area contributed by atoms with E-state index in [2.05, 4.69) is 27.6 Å². The predicted molar refractivity (Wildman–Crippen MR) is 127 cm³/mol. The number of rotatable bonds is 8. The van der Waals surface area contributed by atoms with Gasteiger partial charge in [-0.25, -0.2) is 10.8 Å². The first-order valence-corrected chi connectivity index (χ1v) is 10.2. The number of nitrogens with two attached hydrogens (primary N) is 1. The Labute approximate surface area is 188 Å². The first-order chi connectivity index (χ1) is 14.9. The molecule has 0 saturated heterocycles. The lowest BCUT2D eigenvalue weighted by molar-refractivity contribution is 0.0975. The Hall–Kier alpha value is -3.29. The van der Waals surface area contributed by atoms with Gasteiger partial charge < -0.3 is 15.5 Å². The van der Waals surface area contributed by atoms with Gasteiger partial charge in [-0.2, -0.15) is 0 Å². The smallest absolute Gasteiger partial charge is 0.258 e. The summed E-state index contributed by atoms with van der Waals surface area (Å²) in [5.74, 6) is 6.61. The Morgan fingerprint density at radius 2 is 1.94 bits per heavy atom. The molecule has 8 heteroatoms. The molecule has 0 aromatic heterocycles. The number of nitrogens with zero attached hydrogens (tertiary/aromatic N) is 1. The fourth-order valence-electron chi connectivity index (χ4n) is 2.51. The van der Waals surface area contributed by atoms with E-state index in [1.165, 1.54) is 0 Å². The fourth-order valence-corrected chi connectivity index (χ4v) is 2.64. The van der Waals surface area contributed by atoms with Crippen LogP contribution in [0.15, 0.2) is 72.0 Å². The number of amides is 1. The molecule has 7 nitrogen and oxygen atoms in total. The third kappa shape index (κ3) is 7.47. The van der Waals surface area contributed by atoms with Crippen molar-refractivity contribution in [1.82, 2.24) is 16.1 Å². The molecule has 0 spiro atoms. The Balaban J connectivity index is 2.23. The van der Waals surface area contributed by atoms with Crippen LogP contribution in [0.4, 0.5) is 0 Å². The number of aliphatic imine (C=N–C) groups is 1. The van der Waals surface area contributed by atoms with Crippen LogP contribution in [-0.2, 0) is 0 Å². The minimum absolute atomic E-state index is 0.0217. The molecule has 0 aliphatic rings. The Bertz CT molecular complexity index is 970. The number of guanidine groups is 1. The molecule has 0 radical (unpaired) electrons. The van der Waals surface area contributed by atoms with Crippen molar-refractivity contribution in [3.05, 3.63) is 83.2 Å². The zero-order valence-corrected chi connectivity index (χ0v) is 18.7. The number of benzene rings is 2. The maximum absolute atomic E-state index is 12.7. The van der Waals surface area contributed by atoms with E-state index in [-0.39, 0.29) is 17.9 Å².